The lowest BCUT2D eigenvalue weighted by atomic mass is 10.0. The van der Waals surface area contributed by atoms with Crippen LogP contribution in [0.4, 0.5) is 0 Å². The van der Waals surface area contributed by atoms with Crippen LogP contribution in [0.5, 0.6) is 11.5 Å². The van der Waals surface area contributed by atoms with Gasteiger partial charge in [-0.2, -0.15) is 0 Å². The summed E-state index contributed by atoms with van der Waals surface area (Å²) in [5.41, 5.74) is 0.407. The minimum atomic E-state index is -0.896. The third kappa shape index (κ3) is 6.10. The van der Waals surface area contributed by atoms with Gasteiger partial charge in [-0.1, -0.05) is 27.2 Å². The van der Waals surface area contributed by atoms with Crippen molar-refractivity contribution in [1.82, 2.24) is 5.32 Å². The predicted molar refractivity (Wildman–Crippen MR) is 91.7 cm³/mol. The first-order valence-electron chi connectivity index (χ1n) is 8.20. The van der Waals surface area contributed by atoms with Crippen molar-refractivity contribution < 1.29 is 24.2 Å². The number of hydrogen-bond donors (Lipinski definition) is 2. The molecule has 134 valence electrons. The van der Waals surface area contributed by atoms with E-state index in [1.807, 2.05) is 20.8 Å². The molecule has 1 atom stereocenters. The van der Waals surface area contributed by atoms with Crippen LogP contribution in [0.25, 0.3) is 0 Å². The molecule has 1 amide bonds. The molecule has 24 heavy (non-hydrogen) atoms. The summed E-state index contributed by atoms with van der Waals surface area (Å²) >= 11 is 0. The highest BCUT2D eigenvalue weighted by Gasteiger charge is 2.18. The highest BCUT2D eigenvalue weighted by molar-refractivity contribution is 5.95. The lowest BCUT2D eigenvalue weighted by molar-refractivity contribution is -0.141. The third-order valence-electron chi connectivity index (χ3n) is 3.49. The molecule has 2 N–H and O–H groups in total. The number of aliphatic carboxylic acids is 1. The van der Waals surface area contributed by atoms with Gasteiger partial charge in [-0.25, -0.2) is 0 Å². The molecule has 0 aliphatic rings. The van der Waals surface area contributed by atoms with Gasteiger partial charge in [0.05, 0.1) is 19.6 Å². The lowest BCUT2D eigenvalue weighted by Gasteiger charge is -2.15. The third-order valence-corrected chi connectivity index (χ3v) is 3.49. The monoisotopic (exact) mass is 337 g/mol. The highest BCUT2D eigenvalue weighted by Crippen LogP contribution is 2.28. The highest BCUT2D eigenvalue weighted by atomic mass is 16.5. The molecule has 6 nitrogen and oxygen atoms in total. The molecule has 0 heterocycles. The predicted octanol–water partition coefficient (Wildman–Crippen LogP) is 2.96. The van der Waals surface area contributed by atoms with E-state index in [4.69, 9.17) is 14.6 Å². The van der Waals surface area contributed by atoms with Gasteiger partial charge in [0.15, 0.2) is 11.5 Å². The van der Waals surface area contributed by atoms with E-state index < -0.39 is 11.9 Å². The summed E-state index contributed by atoms with van der Waals surface area (Å²) in [6.45, 7) is 6.67. The van der Waals surface area contributed by atoms with Crippen LogP contribution >= 0.6 is 0 Å². The molecule has 1 aromatic carbocycles. The zero-order chi connectivity index (χ0) is 18.1. The van der Waals surface area contributed by atoms with E-state index in [0.717, 1.165) is 6.42 Å². The van der Waals surface area contributed by atoms with Crippen LogP contribution in [0.3, 0.4) is 0 Å². The maximum Gasteiger partial charge on any atom is 0.308 e. The van der Waals surface area contributed by atoms with Gasteiger partial charge in [0.1, 0.15) is 0 Å². The van der Waals surface area contributed by atoms with E-state index in [0.29, 0.717) is 36.0 Å². The number of rotatable bonds is 10. The number of carbonyl (C=O) groups is 2. The molecule has 0 fully saturated rings. The van der Waals surface area contributed by atoms with E-state index in [1.54, 1.807) is 18.2 Å². The summed E-state index contributed by atoms with van der Waals surface area (Å²) in [7, 11) is 1.51. The van der Waals surface area contributed by atoms with Crippen molar-refractivity contribution in [2.45, 2.75) is 33.6 Å². The Hall–Kier alpha value is -2.24. The fourth-order valence-corrected chi connectivity index (χ4v) is 2.16. The Kier molecular flexibility index (Phi) is 8.09. The topological polar surface area (TPSA) is 84.9 Å². The molecular weight excluding hydrogens is 310 g/mol. The first-order chi connectivity index (χ1) is 11.4. The minimum Gasteiger partial charge on any atom is -0.493 e. The number of benzene rings is 1. The van der Waals surface area contributed by atoms with E-state index in [9.17, 15) is 9.59 Å². The zero-order valence-corrected chi connectivity index (χ0v) is 14.8. The van der Waals surface area contributed by atoms with Crippen molar-refractivity contribution in [3.63, 3.8) is 0 Å². The average molecular weight is 337 g/mol. The Morgan fingerprint density at radius 1 is 1.25 bits per heavy atom. The first kappa shape index (κ1) is 19.8. The van der Waals surface area contributed by atoms with Crippen LogP contribution in [0, 0.1) is 11.8 Å². The summed E-state index contributed by atoms with van der Waals surface area (Å²) in [6, 6.07) is 4.93. The van der Waals surface area contributed by atoms with Crippen molar-refractivity contribution >= 4 is 11.9 Å². The lowest BCUT2D eigenvalue weighted by Crippen LogP contribution is -2.32. The fraction of sp³-hybridized carbons (Fsp3) is 0.556. The molecule has 0 saturated carbocycles. The Bertz CT molecular complexity index is 556. The van der Waals surface area contributed by atoms with Crippen LogP contribution in [0.15, 0.2) is 18.2 Å². The average Bonchev–Trinajstić information content (AvgIpc) is 2.55. The standard InChI is InChI=1S/C18H27NO5/c1-5-6-14(18(21)22)10-19-17(20)13-7-8-15(16(9-13)23-4)24-11-12(2)3/h7-9,12,14H,5-6,10-11H2,1-4H3,(H,19,20)(H,21,22). The first-order valence-corrected chi connectivity index (χ1v) is 8.20. The summed E-state index contributed by atoms with van der Waals surface area (Å²) in [5.74, 6) is -0.360. The van der Waals surface area contributed by atoms with E-state index in [2.05, 4.69) is 5.32 Å². The molecule has 0 radical (unpaired) electrons. The number of nitrogens with one attached hydrogen (secondary N) is 1. The smallest absolute Gasteiger partial charge is 0.308 e. The largest absolute Gasteiger partial charge is 0.493 e. The van der Waals surface area contributed by atoms with Crippen LogP contribution in [0.1, 0.15) is 44.0 Å². The van der Waals surface area contributed by atoms with Gasteiger partial charge < -0.3 is 19.9 Å². The molecule has 1 rings (SSSR count). The second kappa shape index (κ2) is 9.80. The van der Waals surface area contributed by atoms with Gasteiger partial charge in [0.25, 0.3) is 5.91 Å². The van der Waals surface area contributed by atoms with Gasteiger partial charge in [0, 0.05) is 12.1 Å². The number of hydrogen-bond acceptors (Lipinski definition) is 4. The summed E-state index contributed by atoms with van der Waals surface area (Å²) in [6.07, 6.45) is 1.28. The summed E-state index contributed by atoms with van der Waals surface area (Å²) < 4.78 is 10.9. The van der Waals surface area contributed by atoms with Gasteiger partial charge in [-0.15, -0.1) is 0 Å². The summed E-state index contributed by atoms with van der Waals surface area (Å²) in [4.78, 5) is 23.3. The normalized spacial score (nSPS) is 11.9. The maximum absolute atomic E-state index is 12.2. The van der Waals surface area contributed by atoms with Crippen LogP contribution < -0.4 is 14.8 Å². The van der Waals surface area contributed by atoms with E-state index in [-0.39, 0.29) is 12.5 Å². The quantitative estimate of drug-likeness (QED) is 0.685. The second-order valence-electron chi connectivity index (χ2n) is 6.10. The number of carbonyl (C=O) groups excluding carboxylic acids is 1. The number of carboxylic acids is 1. The van der Waals surface area contributed by atoms with Crippen molar-refractivity contribution in [3.8, 4) is 11.5 Å². The van der Waals surface area contributed by atoms with Crippen molar-refractivity contribution in [1.29, 1.82) is 0 Å². The number of ether oxygens (including phenoxy) is 2. The maximum atomic E-state index is 12.2. The Balaban J connectivity index is 2.75. The summed E-state index contributed by atoms with van der Waals surface area (Å²) in [5, 5.41) is 11.8. The molecule has 0 aliphatic carbocycles. The molecule has 1 aromatic rings. The Labute approximate surface area is 143 Å². The van der Waals surface area contributed by atoms with Crippen LogP contribution in [-0.4, -0.2) is 37.2 Å². The number of methoxy groups -OCH3 is 1. The SMILES string of the molecule is CCCC(CNC(=O)c1ccc(OCC(C)C)c(OC)c1)C(=O)O. The molecule has 0 spiro atoms. The van der Waals surface area contributed by atoms with Crippen LogP contribution in [0.2, 0.25) is 0 Å². The second-order valence-corrected chi connectivity index (χ2v) is 6.10. The zero-order valence-electron chi connectivity index (χ0n) is 14.8. The molecular formula is C18H27NO5. The van der Waals surface area contributed by atoms with Crippen molar-refractivity contribution in [2.75, 3.05) is 20.3 Å². The van der Waals surface area contributed by atoms with Crippen molar-refractivity contribution in [2.24, 2.45) is 11.8 Å². The number of amides is 1. The molecule has 0 bridgehead atoms. The van der Waals surface area contributed by atoms with Gasteiger partial charge in [-0.05, 0) is 30.5 Å². The van der Waals surface area contributed by atoms with Gasteiger partial charge >= 0.3 is 5.97 Å². The molecule has 0 aliphatic heterocycles. The fourth-order valence-electron chi connectivity index (χ4n) is 2.16. The Morgan fingerprint density at radius 2 is 1.96 bits per heavy atom. The van der Waals surface area contributed by atoms with Crippen LogP contribution in [-0.2, 0) is 4.79 Å². The molecule has 0 aromatic heterocycles. The van der Waals surface area contributed by atoms with E-state index >= 15 is 0 Å². The van der Waals surface area contributed by atoms with E-state index in [1.165, 1.54) is 7.11 Å². The van der Waals surface area contributed by atoms with Gasteiger partial charge in [0.2, 0.25) is 0 Å². The minimum absolute atomic E-state index is 0.107. The number of carboxylic acid groups (broad SMARTS) is 1. The molecule has 1 unspecified atom stereocenters. The van der Waals surface area contributed by atoms with Crippen molar-refractivity contribution in [3.05, 3.63) is 23.8 Å². The molecule has 0 saturated heterocycles. The van der Waals surface area contributed by atoms with Gasteiger partial charge in [-0.3, -0.25) is 9.59 Å². The Morgan fingerprint density at radius 3 is 2.50 bits per heavy atom. The molecule has 6 heteroatoms.